The van der Waals surface area contributed by atoms with Crippen LogP contribution in [0.1, 0.15) is 16.2 Å². The van der Waals surface area contributed by atoms with Gasteiger partial charge in [0, 0.05) is 22.2 Å². The van der Waals surface area contributed by atoms with Crippen molar-refractivity contribution >= 4 is 28.5 Å². The molecule has 2 aromatic heterocycles. The topological polar surface area (TPSA) is 69.9 Å². The molecule has 21 heavy (non-hydrogen) atoms. The number of halogens is 1. The number of hydrogen-bond donors (Lipinski definition) is 0. The number of ether oxygens (including phenoxy) is 1. The van der Waals surface area contributed by atoms with Crippen molar-refractivity contribution in [2.45, 2.75) is 6.54 Å². The molecule has 3 rings (SSSR count). The molecule has 0 amide bonds. The minimum absolute atomic E-state index is 0.0248. The van der Waals surface area contributed by atoms with Crippen LogP contribution < -0.4 is 0 Å². The van der Waals surface area contributed by atoms with E-state index >= 15 is 0 Å². The minimum atomic E-state index is -0.567. The molecule has 7 heteroatoms. The third-order valence-electron chi connectivity index (χ3n) is 2.99. The molecule has 0 fully saturated rings. The SMILES string of the molecule is COC(=O)c1ncn(Cc2cc(Cl)cc3cccnc23)n1. The Labute approximate surface area is 125 Å². The minimum Gasteiger partial charge on any atom is -0.463 e. The summed E-state index contributed by atoms with van der Waals surface area (Å²) in [4.78, 5) is 19.6. The predicted octanol–water partition coefficient (Wildman–Crippen LogP) is 2.31. The monoisotopic (exact) mass is 302 g/mol. The maximum Gasteiger partial charge on any atom is 0.377 e. The normalized spacial score (nSPS) is 10.8. The van der Waals surface area contributed by atoms with Crippen LogP contribution >= 0.6 is 11.6 Å². The van der Waals surface area contributed by atoms with Crippen LogP contribution in [-0.2, 0) is 11.3 Å². The van der Waals surface area contributed by atoms with Crippen LogP contribution in [-0.4, -0.2) is 32.8 Å². The molecule has 0 N–H and O–H groups in total. The second kappa shape index (κ2) is 5.49. The lowest BCUT2D eigenvalue weighted by atomic mass is 10.1. The van der Waals surface area contributed by atoms with Gasteiger partial charge < -0.3 is 4.74 Å². The number of fused-ring (bicyclic) bond motifs is 1. The number of aromatic nitrogens is 4. The van der Waals surface area contributed by atoms with E-state index in [-0.39, 0.29) is 5.82 Å². The molecule has 0 saturated carbocycles. The lowest BCUT2D eigenvalue weighted by molar-refractivity contribution is 0.0586. The van der Waals surface area contributed by atoms with Gasteiger partial charge >= 0.3 is 5.97 Å². The van der Waals surface area contributed by atoms with E-state index in [1.807, 2.05) is 24.3 Å². The van der Waals surface area contributed by atoms with Gasteiger partial charge in [-0.25, -0.2) is 14.5 Å². The average Bonchev–Trinajstić information content (AvgIpc) is 2.95. The maximum atomic E-state index is 11.4. The van der Waals surface area contributed by atoms with Gasteiger partial charge in [-0.1, -0.05) is 17.7 Å². The lowest BCUT2D eigenvalue weighted by Crippen LogP contribution is -2.07. The molecule has 0 radical (unpaired) electrons. The largest absolute Gasteiger partial charge is 0.463 e. The molecule has 1 aromatic carbocycles. The maximum absolute atomic E-state index is 11.4. The summed E-state index contributed by atoms with van der Waals surface area (Å²) < 4.78 is 6.13. The molecule has 3 aromatic rings. The summed E-state index contributed by atoms with van der Waals surface area (Å²) in [5, 5.41) is 5.65. The van der Waals surface area contributed by atoms with Crippen LogP contribution in [0.25, 0.3) is 10.9 Å². The van der Waals surface area contributed by atoms with E-state index in [9.17, 15) is 4.79 Å². The number of carbonyl (C=O) groups excluding carboxylic acids is 1. The number of esters is 1. The first-order valence-electron chi connectivity index (χ1n) is 6.18. The summed E-state index contributed by atoms with van der Waals surface area (Å²) in [6.45, 7) is 0.415. The van der Waals surface area contributed by atoms with Crippen LogP contribution in [0.4, 0.5) is 0 Å². The standard InChI is InChI=1S/C14H11ClN4O2/c1-21-14(20)13-17-8-19(18-13)7-10-6-11(15)5-9-3-2-4-16-12(9)10/h2-6,8H,7H2,1H3. The lowest BCUT2D eigenvalue weighted by Gasteiger charge is -2.06. The highest BCUT2D eigenvalue weighted by atomic mass is 35.5. The number of carbonyl (C=O) groups is 1. The van der Waals surface area contributed by atoms with Crippen molar-refractivity contribution in [2.24, 2.45) is 0 Å². The molecular formula is C14H11ClN4O2. The Bertz CT molecular complexity index is 816. The van der Waals surface area contributed by atoms with Crippen molar-refractivity contribution in [2.75, 3.05) is 7.11 Å². The number of hydrogen-bond acceptors (Lipinski definition) is 5. The first-order chi connectivity index (χ1) is 10.2. The molecule has 6 nitrogen and oxygen atoms in total. The molecule has 0 bridgehead atoms. The van der Waals surface area contributed by atoms with Gasteiger partial charge in [-0.05, 0) is 18.2 Å². The molecule has 106 valence electrons. The second-order valence-corrected chi connectivity index (χ2v) is 4.83. The highest BCUT2D eigenvalue weighted by Crippen LogP contribution is 2.22. The van der Waals surface area contributed by atoms with E-state index in [1.165, 1.54) is 13.4 Å². The van der Waals surface area contributed by atoms with Crippen LogP contribution in [0.15, 0.2) is 36.8 Å². The van der Waals surface area contributed by atoms with E-state index in [1.54, 1.807) is 10.9 Å². The third-order valence-corrected chi connectivity index (χ3v) is 3.20. The zero-order chi connectivity index (χ0) is 14.8. The molecular weight excluding hydrogens is 292 g/mol. The molecule has 0 saturated heterocycles. The van der Waals surface area contributed by atoms with Crippen molar-refractivity contribution in [1.82, 2.24) is 19.7 Å². The van der Waals surface area contributed by atoms with E-state index in [0.29, 0.717) is 11.6 Å². The molecule has 0 unspecified atom stereocenters. The number of benzene rings is 1. The summed E-state index contributed by atoms with van der Waals surface area (Å²) in [5.74, 6) is -0.542. The van der Waals surface area contributed by atoms with E-state index in [2.05, 4.69) is 19.8 Å². The highest BCUT2D eigenvalue weighted by molar-refractivity contribution is 6.31. The summed E-state index contributed by atoms with van der Waals surface area (Å²) in [7, 11) is 1.29. The van der Waals surface area contributed by atoms with Crippen molar-refractivity contribution < 1.29 is 9.53 Å². The van der Waals surface area contributed by atoms with Gasteiger partial charge in [0.25, 0.3) is 5.82 Å². The molecule has 0 aliphatic heterocycles. The molecule has 0 spiro atoms. The third kappa shape index (κ3) is 2.71. The van der Waals surface area contributed by atoms with Gasteiger partial charge in [0.1, 0.15) is 6.33 Å². The van der Waals surface area contributed by atoms with Gasteiger partial charge in [0.2, 0.25) is 0 Å². The predicted molar refractivity (Wildman–Crippen MR) is 77.2 cm³/mol. The van der Waals surface area contributed by atoms with Gasteiger partial charge in [-0.2, -0.15) is 0 Å². The summed E-state index contributed by atoms with van der Waals surface area (Å²) >= 11 is 6.12. The molecule has 2 heterocycles. The number of rotatable bonds is 3. The van der Waals surface area contributed by atoms with Crippen LogP contribution in [0.5, 0.6) is 0 Å². The van der Waals surface area contributed by atoms with Crippen LogP contribution in [0, 0.1) is 0 Å². The zero-order valence-corrected chi connectivity index (χ0v) is 11.9. The number of nitrogens with zero attached hydrogens (tertiary/aromatic N) is 4. The first-order valence-corrected chi connectivity index (χ1v) is 6.56. The number of methoxy groups -OCH3 is 1. The quantitative estimate of drug-likeness (QED) is 0.694. The summed E-state index contributed by atoms with van der Waals surface area (Å²) in [5.41, 5.74) is 1.75. The Hall–Kier alpha value is -2.47. The Morgan fingerprint density at radius 3 is 3.05 bits per heavy atom. The van der Waals surface area contributed by atoms with Gasteiger partial charge in [0.05, 0.1) is 19.2 Å². The molecule has 0 aliphatic rings. The fraction of sp³-hybridized carbons (Fsp3) is 0.143. The average molecular weight is 303 g/mol. The van der Waals surface area contributed by atoms with Gasteiger partial charge in [0.15, 0.2) is 0 Å². The Balaban J connectivity index is 1.98. The van der Waals surface area contributed by atoms with E-state index < -0.39 is 5.97 Å². The van der Waals surface area contributed by atoms with Crippen molar-refractivity contribution in [3.05, 3.63) is 53.2 Å². The summed E-state index contributed by atoms with van der Waals surface area (Å²) in [6, 6.07) is 7.48. The van der Waals surface area contributed by atoms with E-state index in [0.717, 1.165) is 16.5 Å². The Morgan fingerprint density at radius 1 is 1.38 bits per heavy atom. The number of pyridine rings is 1. The Kier molecular flexibility index (Phi) is 3.53. The van der Waals surface area contributed by atoms with Crippen molar-refractivity contribution in [1.29, 1.82) is 0 Å². The van der Waals surface area contributed by atoms with Crippen molar-refractivity contribution in [3.63, 3.8) is 0 Å². The van der Waals surface area contributed by atoms with Gasteiger partial charge in [-0.15, -0.1) is 5.10 Å². The zero-order valence-electron chi connectivity index (χ0n) is 11.2. The van der Waals surface area contributed by atoms with Gasteiger partial charge in [-0.3, -0.25) is 4.98 Å². The van der Waals surface area contributed by atoms with Crippen LogP contribution in [0.2, 0.25) is 5.02 Å². The Morgan fingerprint density at radius 2 is 2.24 bits per heavy atom. The highest BCUT2D eigenvalue weighted by Gasteiger charge is 2.12. The molecule has 0 aliphatic carbocycles. The first kappa shape index (κ1) is 13.5. The summed E-state index contributed by atoms with van der Waals surface area (Å²) in [6.07, 6.45) is 3.20. The molecule has 0 atom stereocenters. The van der Waals surface area contributed by atoms with Crippen molar-refractivity contribution in [3.8, 4) is 0 Å². The van der Waals surface area contributed by atoms with E-state index in [4.69, 9.17) is 11.6 Å². The fourth-order valence-electron chi connectivity index (χ4n) is 2.08. The fourth-order valence-corrected chi connectivity index (χ4v) is 2.33. The van der Waals surface area contributed by atoms with Crippen LogP contribution in [0.3, 0.4) is 0 Å². The smallest absolute Gasteiger partial charge is 0.377 e. The second-order valence-electron chi connectivity index (χ2n) is 4.40.